The molecule has 216 valence electrons. The van der Waals surface area contributed by atoms with Gasteiger partial charge >= 0.3 is 10.3 Å². The Bertz CT molecular complexity index is 1350. The Morgan fingerprint density at radius 3 is 2.44 bits per heavy atom. The van der Waals surface area contributed by atoms with E-state index in [4.69, 9.17) is 14.1 Å². The third kappa shape index (κ3) is 5.92. The van der Waals surface area contributed by atoms with E-state index in [0.717, 1.165) is 36.0 Å². The van der Waals surface area contributed by atoms with Crippen LogP contribution in [-0.2, 0) is 32.1 Å². The molecule has 2 heterocycles. The highest BCUT2D eigenvalue weighted by Crippen LogP contribution is 2.58. The van der Waals surface area contributed by atoms with Crippen LogP contribution in [0.1, 0.15) is 90.1 Å². The van der Waals surface area contributed by atoms with Crippen LogP contribution < -0.4 is 5.14 Å². The minimum Gasteiger partial charge on any atom is -0.378 e. The van der Waals surface area contributed by atoms with Crippen LogP contribution in [0.15, 0.2) is 42.9 Å². The highest BCUT2D eigenvalue weighted by Gasteiger charge is 2.59. The topological polar surface area (TPSA) is 109 Å². The van der Waals surface area contributed by atoms with Crippen LogP contribution in [-0.4, -0.2) is 42.3 Å². The van der Waals surface area contributed by atoms with Crippen molar-refractivity contribution in [3.05, 3.63) is 59.7 Å². The second-order valence-electron chi connectivity index (χ2n) is 10.7. The average molecular weight is 559 g/mol. The maximum atomic E-state index is 11.5. The summed E-state index contributed by atoms with van der Waals surface area (Å²) in [5.74, 6) is 0.298. The van der Waals surface area contributed by atoms with Crippen molar-refractivity contribution in [1.82, 2.24) is 14.5 Å². The molecule has 2 aliphatic carbocycles. The first-order valence-electron chi connectivity index (χ1n) is 14.2. The first-order valence-corrected chi connectivity index (χ1v) is 15.6. The lowest BCUT2D eigenvalue weighted by Crippen LogP contribution is -2.47. The van der Waals surface area contributed by atoms with Crippen LogP contribution in [0.2, 0.25) is 0 Å². The molecular weight excluding hydrogens is 512 g/mol. The molecule has 4 atom stereocenters. The number of aromatic nitrogens is 3. The number of methoxy groups -OCH3 is 1. The quantitative estimate of drug-likeness (QED) is 0.383. The van der Waals surface area contributed by atoms with Gasteiger partial charge in [0.15, 0.2) is 0 Å². The summed E-state index contributed by atoms with van der Waals surface area (Å²) in [6, 6.07) is 10.8. The van der Waals surface area contributed by atoms with Gasteiger partial charge in [-0.15, -0.1) is 0 Å². The van der Waals surface area contributed by atoms with Crippen molar-refractivity contribution in [2.24, 2.45) is 16.5 Å². The average Bonchev–Trinajstić information content (AvgIpc) is 3.59. The summed E-state index contributed by atoms with van der Waals surface area (Å²) in [6.07, 6.45) is 7.55. The summed E-state index contributed by atoms with van der Waals surface area (Å²) in [5, 5.41) is 6.18. The number of nitrogens with zero attached hydrogens (tertiary/aromatic N) is 3. The molecule has 9 heteroatoms. The van der Waals surface area contributed by atoms with Crippen LogP contribution in [0, 0.1) is 11.3 Å². The van der Waals surface area contributed by atoms with Gasteiger partial charge in [0.25, 0.3) is 0 Å². The Kier molecular flexibility index (Phi) is 9.97. The molecule has 0 saturated heterocycles. The molecule has 1 saturated carbocycles. The Labute approximate surface area is 234 Å². The van der Waals surface area contributed by atoms with E-state index in [1.807, 2.05) is 34.6 Å². The van der Waals surface area contributed by atoms with Crippen LogP contribution >= 0.6 is 0 Å². The van der Waals surface area contributed by atoms with Gasteiger partial charge in [-0.3, -0.25) is 4.18 Å². The molecule has 2 N–H and O–H groups in total. The van der Waals surface area contributed by atoms with Crippen molar-refractivity contribution < 1.29 is 17.3 Å². The zero-order valence-electron chi connectivity index (χ0n) is 24.8. The number of nitrogens with two attached hydrogens (primary N) is 1. The molecule has 1 aromatic carbocycles. The highest BCUT2D eigenvalue weighted by atomic mass is 32.2. The van der Waals surface area contributed by atoms with E-state index in [1.165, 1.54) is 11.1 Å². The zero-order chi connectivity index (χ0) is 29.0. The molecule has 2 aliphatic rings. The predicted octanol–water partition coefficient (Wildman–Crippen LogP) is 5.97. The molecule has 39 heavy (non-hydrogen) atoms. The normalized spacial score (nSPS) is 25.4. The van der Waals surface area contributed by atoms with E-state index >= 15 is 0 Å². The molecule has 0 radical (unpaired) electrons. The molecule has 0 spiro atoms. The van der Waals surface area contributed by atoms with Gasteiger partial charge in [0, 0.05) is 36.1 Å². The standard InChI is InChI=1S/C26H34N4O4S.2C2H6/c1-25(2)23(14-19(26(25,3)33-4)15-34-35(27,31)32)30-12-11-21-22(28-16-29-24(21)30)13-18-10-9-17-7-5-6-8-20(17)18;2*1-2/h5-8,11-12,16,18-19,23H,9-10,13-15H2,1-4H3,(H2,27,31,32);2*1-2H3/t18?,19-,23+,26+;;/m0../s1. The second-order valence-corrected chi connectivity index (χ2v) is 11.9. The van der Waals surface area contributed by atoms with E-state index in [-0.39, 0.29) is 24.0 Å². The fraction of sp³-hybridized carbons (Fsp3) is 0.600. The zero-order valence-corrected chi connectivity index (χ0v) is 25.6. The lowest BCUT2D eigenvalue weighted by molar-refractivity contribution is -0.107. The lowest BCUT2D eigenvalue weighted by atomic mass is 9.74. The monoisotopic (exact) mass is 558 g/mol. The number of aryl methyl sites for hydroxylation is 1. The maximum Gasteiger partial charge on any atom is 0.333 e. The van der Waals surface area contributed by atoms with Gasteiger partial charge in [0.1, 0.15) is 12.0 Å². The first-order chi connectivity index (χ1) is 18.5. The summed E-state index contributed by atoms with van der Waals surface area (Å²) >= 11 is 0. The molecule has 8 nitrogen and oxygen atoms in total. The van der Waals surface area contributed by atoms with Gasteiger partial charge in [-0.2, -0.15) is 8.42 Å². The van der Waals surface area contributed by atoms with E-state index in [0.29, 0.717) is 12.3 Å². The fourth-order valence-corrected chi connectivity index (χ4v) is 6.82. The molecule has 5 rings (SSSR count). The van der Waals surface area contributed by atoms with Crippen molar-refractivity contribution >= 4 is 21.3 Å². The van der Waals surface area contributed by atoms with Crippen molar-refractivity contribution in [2.75, 3.05) is 13.7 Å². The lowest BCUT2D eigenvalue weighted by Gasteiger charge is -2.43. The van der Waals surface area contributed by atoms with Gasteiger partial charge in [-0.05, 0) is 55.7 Å². The third-order valence-electron chi connectivity index (χ3n) is 8.88. The summed E-state index contributed by atoms with van der Waals surface area (Å²) in [4.78, 5) is 9.36. The van der Waals surface area contributed by atoms with E-state index < -0.39 is 15.9 Å². The molecule has 2 aromatic heterocycles. The van der Waals surface area contributed by atoms with Gasteiger partial charge in [-0.1, -0.05) is 65.8 Å². The number of benzene rings is 1. The summed E-state index contributed by atoms with van der Waals surface area (Å²) in [6.45, 7) is 14.3. The number of hydrogen-bond donors (Lipinski definition) is 1. The fourth-order valence-electron chi connectivity index (χ4n) is 6.47. The molecule has 1 unspecified atom stereocenters. The SMILES string of the molecule is CC.CC.CO[C@]1(C)[C@H](COS(N)(=O)=O)C[C@@H](n2ccc3c(CC4CCc5ccccc54)ncnc32)C1(C)C. The van der Waals surface area contributed by atoms with Crippen LogP contribution in [0.3, 0.4) is 0 Å². The number of ether oxygens (including phenoxy) is 1. The maximum absolute atomic E-state index is 11.5. The van der Waals surface area contributed by atoms with Gasteiger partial charge < -0.3 is 9.30 Å². The first kappa shape index (κ1) is 31.2. The van der Waals surface area contributed by atoms with Crippen LogP contribution in [0.5, 0.6) is 0 Å². The minimum absolute atomic E-state index is 0.0222. The second kappa shape index (κ2) is 12.5. The van der Waals surface area contributed by atoms with Crippen molar-refractivity contribution in [1.29, 1.82) is 0 Å². The molecule has 1 fully saturated rings. The molecular formula is C30H46N4O4S. The van der Waals surface area contributed by atoms with Crippen molar-refractivity contribution in [2.45, 2.75) is 91.7 Å². The Balaban J connectivity index is 0.00000100. The highest BCUT2D eigenvalue weighted by molar-refractivity contribution is 7.84. The molecule has 0 bridgehead atoms. The van der Waals surface area contributed by atoms with Crippen LogP contribution in [0.25, 0.3) is 11.0 Å². The number of rotatable bonds is 7. The predicted molar refractivity (Wildman–Crippen MR) is 157 cm³/mol. The largest absolute Gasteiger partial charge is 0.378 e. The van der Waals surface area contributed by atoms with Crippen molar-refractivity contribution in [3.8, 4) is 0 Å². The summed E-state index contributed by atoms with van der Waals surface area (Å²) in [5.41, 5.74) is 3.88. The third-order valence-corrected chi connectivity index (χ3v) is 9.35. The van der Waals surface area contributed by atoms with Crippen LogP contribution in [0.4, 0.5) is 0 Å². The molecule has 0 aliphatic heterocycles. The Morgan fingerprint density at radius 2 is 1.77 bits per heavy atom. The van der Waals surface area contributed by atoms with Gasteiger partial charge in [-0.25, -0.2) is 15.1 Å². The number of hydrogen-bond acceptors (Lipinski definition) is 6. The number of fused-ring (bicyclic) bond motifs is 2. The summed E-state index contributed by atoms with van der Waals surface area (Å²) in [7, 11) is -2.37. The molecule has 3 aromatic rings. The van der Waals surface area contributed by atoms with E-state index in [2.05, 4.69) is 64.9 Å². The molecule has 0 amide bonds. The summed E-state index contributed by atoms with van der Waals surface area (Å²) < 4.78 is 36.2. The smallest absolute Gasteiger partial charge is 0.333 e. The minimum atomic E-state index is -4.03. The van der Waals surface area contributed by atoms with E-state index in [1.54, 1.807) is 13.4 Å². The Hall–Kier alpha value is -2.33. The van der Waals surface area contributed by atoms with E-state index in [9.17, 15) is 8.42 Å². The van der Waals surface area contributed by atoms with Gasteiger partial charge in [0.05, 0.1) is 17.9 Å². The van der Waals surface area contributed by atoms with Gasteiger partial charge in [0.2, 0.25) is 0 Å². The van der Waals surface area contributed by atoms with Crippen molar-refractivity contribution in [3.63, 3.8) is 0 Å². The Morgan fingerprint density at radius 1 is 1.08 bits per heavy atom.